The summed E-state index contributed by atoms with van der Waals surface area (Å²) in [7, 11) is 0. The zero-order valence-electron chi connectivity index (χ0n) is 7.22. The molecule has 0 bridgehead atoms. The van der Waals surface area contributed by atoms with Crippen LogP contribution in [0.1, 0.15) is 5.56 Å². The molecule has 0 fully saturated rings. The highest BCUT2D eigenvalue weighted by molar-refractivity contribution is 7.13. The maximum atomic E-state index is 13.1. The lowest BCUT2D eigenvalue weighted by Gasteiger charge is -1.92. The van der Waals surface area contributed by atoms with Crippen molar-refractivity contribution in [1.29, 1.82) is 0 Å². The molecule has 0 saturated carbocycles. The van der Waals surface area contributed by atoms with Gasteiger partial charge in [0.05, 0.1) is 0 Å². The Morgan fingerprint density at radius 3 is 2.93 bits per heavy atom. The summed E-state index contributed by atoms with van der Waals surface area (Å²) in [5.41, 5.74) is 0.475. The van der Waals surface area contributed by atoms with Crippen LogP contribution in [-0.4, -0.2) is 11.2 Å². The third kappa shape index (κ3) is 2.03. The van der Waals surface area contributed by atoms with Crippen molar-refractivity contribution < 1.29 is 4.39 Å². The van der Waals surface area contributed by atoms with Crippen molar-refractivity contribution in [2.24, 2.45) is 4.99 Å². The van der Waals surface area contributed by atoms with Gasteiger partial charge in [-0.2, -0.15) is 0 Å². The van der Waals surface area contributed by atoms with E-state index >= 15 is 0 Å². The summed E-state index contributed by atoms with van der Waals surface area (Å²) < 4.78 is 13.1. The van der Waals surface area contributed by atoms with Gasteiger partial charge in [-0.3, -0.25) is 0 Å². The molecule has 4 heteroatoms. The lowest BCUT2D eigenvalue weighted by molar-refractivity contribution is 0.626. The van der Waals surface area contributed by atoms with Gasteiger partial charge in [0.1, 0.15) is 5.82 Å². The van der Waals surface area contributed by atoms with Crippen molar-refractivity contribution in [3.05, 3.63) is 47.2 Å². The van der Waals surface area contributed by atoms with Crippen LogP contribution >= 0.6 is 11.3 Å². The van der Waals surface area contributed by atoms with Crippen molar-refractivity contribution in [2.45, 2.75) is 0 Å². The highest BCUT2D eigenvalue weighted by Gasteiger charge is 1.96. The zero-order valence-corrected chi connectivity index (χ0v) is 8.04. The van der Waals surface area contributed by atoms with Gasteiger partial charge in [0.2, 0.25) is 5.13 Å². The molecule has 1 aromatic carbocycles. The van der Waals surface area contributed by atoms with E-state index in [0.29, 0.717) is 10.7 Å². The van der Waals surface area contributed by atoms with Gasteiger partial charge in [0.25, 0.3) is 0 Å². The van der Waals surface area contributed by atoms with E-state index in [9.17, 15) is 4.39 Å². The van der Waals surface area contributed by atoms with Crippen molar-refractivity contribution in [1.82, 2.24) is 4.98 Å². The van der Waals surface area contributed by atoms with Gasteiger partial charge in [-0.1, -0.05) is 18.2 Å². The Balaban J connectivity index is 2.23. The van der Waals surface area contributed by atoms with E-state index in [-0.39, 0.29) is 5.82 Å². The van der Waals surface area contributed by atoms with Gasteiger partial charge < -0.3 is 0 Å². The summed E-state index contributed by atoms with van der Waals surface area (Å²) in [6.45, 7) is 0. The summed E-state index contributed by atoms with van der Waals surface area (Å²) in [6, 6.07) is 6.50. The lowest BCUT2D eigenvalue weighted by Crippen LogP contribution is -1.85. The Kier molecular flexibility index (Phi) is 2.65. The molecule has 2 rings (SSSR count). The average molecular weight is 206 g/mol. The van der Waals surface area contributed by atoms with Crippen LogP contribution in [0.3, 0.4) is 0 Å². The van der Waals surface area contributed by atoms with E-state index in [1.807, 2.05) is 5.38 Å². The first-order chi connectivity index (χ1) is 6.86. The second-order valence-corrected chi connectivity index (χ2v) is 3.47. The number of nitrogens with zero attached hydrogens (tertiary/aromatic N) is 2. The molecular weight excluding hydrogens is 199 g/mol. The van der Waals surface area contributed by atoms with Gasteiger partial charge in [0, 0.05) is 23.4 Å². The van der Waals surface area contributed by atoms with Crippen LogP contribution in [0, 0.1) is 5.82 Å². The quantitative estimate of drug-likeness (QED) is 0.693. The third-order valence-electron chi connectivity index (χ3n) is 1.64. The second kappa shape index (κ2) is 4.11. The second-order valence-electron chi connectivity index (χ2n) is 2.59. The molecule has 0 atom stereocenters. The molecule has 0 N–H and O–H groups in total. The molecule has 0 aliphatic carbocycles. The fourth-order valence-corrected chi connectivity index (χ4v) is 1.46. The molecular formula is C10H7FN2S. The largest absolute Gasteiger partial charge is 0.227 e. The van der Waals surface area contributed by atoms with E-state index in [0.717, 1.165) is 0 Å². The number of rotatable bonds is 2. The summed E-state index contributed by atoms with van der Waals surface area (Å²) in [4.78, 5) is 8.00. The molecule has 70 valence electrons. The molecule has 1 aromatic heterocycles. The number of thiazole rings is 1. The van der Waals surface area contributed by atoms with Crippen LogP contribution in [-0.2, 0) is 0 Å². The molecule has 2 nitrogen and oxygen atoms in total. The monoisotopic (exact) mass is 206 g/mol. The minimum atomic E-state index is -0.271. The number of hydrogen-bond donors (Lipinski definition) is 0. The topological polar surface area (TPSA) is 25.2 Å². The normalized spacial score (nSPS) is 10.9. The Labute approximate surface area is 84.8 Å². The Hall–Kier alpha value is -1.55. The fraction of sp³-hybridized carbons (Fsp3) is 0. The van der Waals surface area contributed by atoms with Crippen LogP contribution in [0.5, 0.6) is 0 Å². The van der Waals surface area contributed by atoms with Crippen molar-refractivity contribution in [3.8, 4) is 0 Å². The SMILES string of the molecule is Fc1ccccc1C=Nc1nccs1. The standard InChI is InChI=1S/C10H7FN2S/c11-9-4-2-1-3-8(9)7-13-10-12-5-6-14-10/h1-7H. The first kappa shape index (κ1) is 9.02. The Morgan fingerprint density at radius 1 is 1.36 bits per heavy atom. The molecule has 0 aliphatic heterocycles. The van der Waals surface area contributed by atoms with Crippen LogP contribution in [0.25, 0.3) is 0 Å². The van der Waals surface area contributed by atoms with Crippen LogP contribution in [0.15, 0.2) is 40.8 Å². The summed E-state index contributed by atoms with van der Waals surface area (Å²) in [5, 5.41) is 2.46. The maximum Gasteiger partial charge on any atom is 0.209 e. The summed E-state index contributed by atoms with van der Waals surface area (Å²) in [5.74, 6) is -0.271. The van der Waals surface area contributed by atoms with Gasteiger partial charge in [-0.15, -0.1) is 11.3 Å². The molecule has 14 heavy (non-hydrogen) atoms. The molecule has 2 aromatic rings. The molecule has 0 amide bonds. The summed E-state index contributed by atoms with van der Waals surface area (Å²) >= 11 is 1.42. The van der Waals surface area contributed by atoms with E-state index in [2.05, 4.69) is 9.98 Å². The Morgan fingerprint density at radius 2 is 2.21 bits per heavy atom. The highest BCUT2D eigenvalue weighted by atomic mass is 32.1. The molecule has 0 spiro atoms. The van der Waals surface area contributed by atoms with E-state index < -0.39 is 0 Å². The first-order valence-corrected chi connectivity index (χ1v) is 4.92. The fourth-order valence-electron chi connectivity index (χ4n) is 0.984. The molecule has 0 unspecified atom stereocenters. The number of aromatic nitrogens is 1. The van der Waals surface area contributed by atoms with Crippen molar-refractivity contribution >= 4 is 22.7 Å². The number of aliphatic imine (C=N–C) groups is 1. The van der Waals surface area contributed by atoms with Crippen LogP contribution in [0.2, 0.25) is 0 Å². The predicted molar refractivity (Wildman–Crippen MR) is 55.8 cm³/mol. The van der Waals surface area contributed by atoms with E-state index in [1.54, 1.807) is 24.4 Å². The Bertz CT molecular complexity index is 437. The smallest absolute Gasteiger partial charge is 0.209 e. The van der Waals surface area contributed by atoms with Crippen LogP contribution < -0.4 is 0 Å². The van der Waals surface area contributed by atoms with Gasteiger partial charge in [0.15, 0.2) is 0 Å². The first-order valence-electron chi connectivity index (χ1n) is 4.04. The number of benzene rings is 1. The predicted octanol–water partition coefficient (Wildman–Crippen LogP) is 3.03. The third-order valence-corrected chi connectivity index (χ3v) is 2.32. The van der Waals surface area contributed by atoms with Crippen molar-refractivity contribution in [2.75, 3.05) is 0 Å². The molecule has 1 heterocycles. The summed E-state index contributed by atoms with van der Waals surface area (Å²) in [6.07, 6.45) is 3.15. The lowest BCUT2D eigenvalue weighted by atomic mass is 10.2. The van der Waals surface area contributed by atoms with Gasteiger partial charge in [-0.05, 0) is 6.07 Å². The van der Waals surface area contributed by atoms with E-state index in [1.165, 1.54) is 23.6 Å². The number of hydrogen-bond acceptors (Lipinski definition) is 3. The van der Waals surface area contributed by atoms with Gasteiger partial charge in [-0.25, -0.2) is 14.4 Å². The minimum absolute atomic E-state index is 0.271. The molecule has 0 aliphatic rings. The van der Waals surface area contributed by atoms with E-state index in [4.69, 9.17) is 0 Å². The highest BCUT2D eigenvalue weighted by Crippen LogP contribution is 2.14. The average Bonchev–Trinajstić information content (AvgIpc) is 2.69. The van der Waals surface area contributed by atoms with Crippen LogP contribution in [0.4, 0.5) is 9.52 Å². The molecule has 0 saturated heterocycles. The number of halogens is 1. The maximum absolute atomic E-state index is 13.1. The zero-order chi connectivity index (χ0) is 9.80. The van der Waals surface area contributed by atoms with Gasteiger partial charge >= 0.3 is 0 Å². The van der Waals surface area contributed by atoms with Crippen molar-refractivity contribution in [3.63, 3.8) is 0 Å². The molecule has 0 radical (unpaired) electrons. The minimum Gasteiger partial charge on any atom is -0.227 e.